The second-order valence-electron chi connectivity index (χ2n) is 4.11. The Morgan fingerprint density at radius 2 is 2.15 bits per heavy atom. The molecule has 0 aliphatic carbocycles. The van der Waals surface area contributed by atoms with Gasteiger partial charge in [0.15, 0.2) is 0 Å². The van der Waals surface area contributed by atoms with Crippen molar-refractivity contribution in [1.29, 1.82) is 0 Å². The van der Waals surface area contributed by atoms with Crippen molar-refractivity contribution < 1.29 is 9.13 Å². The summed E-state index contributed by atoms with van der Waals surface area (Å²) in [6.45, 7) is 0. The third kappa shape index (κ3) is 3.22. The normalized spacial score (nSPS) is 12.2. The van der Waals surface area contributed by atoms with Crippen molar-refractivity contribution in [2.45, 2.75) is 12.5 Å². The zero-order valence-electron chi connectivity index (χ0n) is 10.8. The minimum Gasteiger partial charge on any atom is -0.480 e. The smallest absolute Gasteiger partial charge is 0.237 e. The predicted octanol–water partition coefficient (Wildman–Crippen LogP) is 2.02. The molecule has 1 unspecified atom stereocenters. The Hall–Kier alpha value is -1.76. The Morgan fingerprint density at radius 3 is 2.80 bits per heavy atom. The fourth-order valence-electron chi connectivity index (χ4n) is 1.87. The molecule has 0 fully saturated rings. The molecule has 106 valence electrons. The summed E-state index contributed by atoms with van der Waals surface area (Å²) in [5.41, 5.74) is 3.97. The molecule has 1 aromatic carbocycles. The van der Waals surface area contributed by atoms with E-state index in [9.17, 15) is 4.39 Å². The number of ether oxygens (including phenoxy) is 1. The maximum atomic E-state index is 13.0. The molecule has 0 spiro atoms. The van der Waals surface area contributed by atoms with Gasteiger partial charge < -0.3 is 4.74 Å². The fourth-order valence-corrected chi connectivity index (χ4v) is 2.12. The maximum absolute atomic E-state index is 13.0. The molecule has 2 aromatic rings. The molecule has 1 aromatic heterocycles. The van der Waals surface area contributed by atoms with Crippen LogP contribution in [0.4, 0.5) is 4.39 Å². The first-order valence-corrected chi connectivity index (χ1v) is 6.28. The number of hydrogen-bond acceptors (Lipinski definition) is 5. The molecule has 20 heavy (non-hydrogen) atoms. The molecular weight excluding hydrogens is 283 g/mol. The molecule has 0 bridgehead atoms. The van der Waals surface area contributed by atoms with Crippen LogP contribution in [0.1, 0.15) is 17.3 Å². The summed E-state index contributed by atoms with van der Waals surface area (Å²) < 4.78 is 18.2. The van der Waals surface area contributed by atoms with Crippen LogP contribution < -0.4 is 16.0 Å². The number of aromatic nitrogens is 2. The number of halogens is 2. The first-order chi connectivity index (χ1) is 9.65. The Balaban J connectivity index is 2.29. The van der Waals surface area contributed by atoms with Crippen LogP contribution in [-0.2, 0) is 6.42 Å². The van der Waals surface area contributed by atoms with E-state index >= 15 is 0 Å². The second kappa shape index (κ2) is 6.60. The minimum atomic E-state index is -0.381. The van der Waals surface area contributed by atoms with Crippen LogP contribution in [0.25, 0.3) is 0 Å². The minimum absolute atomic E-state index is 0.341. The van der Waals surface area contributed by atoms with Crippen LogP contribution in [0.2, 0.25) is 5.02 Å². The highest BCUT2D eigenvalue weighted by Gasteiger charge is 2.19. The van der Waals surface area contributed by atoms with Crippen LogP contribution in [0.15, 0.2) is 30.6 Å². The van der Waals surface area contributed by atoms with Gasteiger partial charge in [-0.15, -0.1) is 0 Å². The van der Waals surface area contributed by atoms with Crippen molar-refractivity contribution in [2.75, 3.05) is 7.11 Å². The number of hydrazine groups is 1. The number of nitrogens with two attached hydrogens (primary N) is 1. The van der Waals surface area contributed by atoms with Gasteiger partial charge in [0.1, 0.15) is 11.5 Å². The summed E-state index contributed by atoms with van der Waals surface area (Å²) in [6, 6.07) is 3.88. The van der Waals surface area contributed by atoms with Crippen LogP contribution in [0.5, 0.6) is 5.88 Å². The van der Waals surface area contributed by atoms with Crippen molar-refractivity contribution in [1.82, 2.24) is 15.4 Å². The van der Waals surface area contributed by atoms with Crippen molar-refractivity contribution in [3.05, 3.63) is 52.7 Å². The fraction of sp³-hybridized carbons (Fsp3) is 0.231. The van der Waals surface area contributed by atoms with Crippen LogP contribution in [0.3, 0.4) is 0 Å². The zero-order valence-corrected chi connectivity index (χ0v) is 11.6. The van der Waals surface area contributed by atoms with E-state index in [-0.39, 0.29) is 11.9 Å². The van der Waals surface area contributed by atoms with E-state index in [0.29, 0.717) is 23.0 Å². The molecule has 1 heterocycles. The lowest BCUT2D eigenvalue weighted by Crippen LogP contribution is -2.30. The van der Waals surface area contributed by atoms with Crippen LogP contribution in [-0.4, -0.2) is 17.1 Å². The van der Waals surface area contributed by atoms with Crippen molar-refractivity contribution >= 4 is 11.6 Å². The Bertz CT molecular complexity index is 596. The third-order valence-corrected chi connectivity index (χ3v) is 3.21. The summed E-state index contributed by atoms with van der Waals surface area (Å²) in [6.07, 6.45) is 3.51. The summed E-state index contributed by atoms with van der Waals surface area (Å²) in [7, 11) is 1.51. The molecule has 0 saturated heterocycles. The van der Waals surface area contributed by atoms with E-state index in [1.54, 1.807) is 12.3 Å². The molecule has 0 saturated carbocycles. The molecule has 0 radical (unpaired) electrons. The lowest BCUT2D eigenvalue weighted by molar-refractivity contribution is 0.377. The topological polar surface area (TPSA) is 73.1 Å². The van der Waals surface area contributed by atoms with Gasteiger partial charge in [-0.1, -0.05) is 17.7 Å². The number of hydrogen-bond donors (Lipinski definition) is 2. The molecule has 7 heteroatoms. The average molecular weight is 297 g/mol. The van der Waals surface area contributed by atoms with E-state index in [4.69, 9.17) is 22.2 Å². The first-order valence-electron chi connectivity index (χ1n) is 5.90. The van der Waals surface area contributed by atoms with Gasteiger partial charge in [-0.3, -0.25) is 16.3 Å². The number of nitrogens with zero attached hydrogens (tertiary/aromatic N) is 2. The van der Waals surface area contributed by atoms with Gasteiger partial charge in [0.2, 0.25) is 5.88 Å². The summed E-state index contributed by atoms with van der Waals surface area (Å²) in [5.74, 6) is 5.57. The molecule has 1 atom stereocenters. The number of nitrogens with one attached hydrogen (secondary N) is 1. The maximum Gasteiger partial charge on any atom is 0.237 e. The average Bonchev–Trinajstić information content (AvgIpc) is 2.46. The predicted molar refractivity (Wildman–Crippen MR) is 73.8 cm³/mol. The van der Waals surface area contributed by atoms with Gasteiger partial charge in [0, 0.05) is 17.4 Å². The summed E-state index contributed by atoms with van der Waals surface area (Å²) in [4.78, 5) is 8.29. The number of methoxy groups -OCH3 is 1. The quantitative estimate of drug-likeness (QED) is 0.652. The first kappa shape index (κ1) is 14.6. The summed E-state index contributed by atoms with van der Waals surface area (Å²) >= 11 is 6.02. The Morgan fingerprint density at radius 1 is 1.40 bits per heavy atom. The standard InChI is InChI=1S/C13H14ClFN4O/c1-20-13-12(17-4-5-18-13)11(19-16)6-8-2-3-9(15)7-10(8)14/h2-5,7,11,19H,6,16H2,1H3. The van der Waals surface area contributed by atoms with Crippen molar-refractivity contribution in [2.24, 2.45) is 5.84 Å². The molecule has 0 amide bonds. The summed E-state index contributed by atoms with van der Waals surface area (Å²) in [5, 5.41) is 0.341. The van der Waals surface area contributed by atoms with Gasteiger partial charge in [-0.05, 0) is 24.1 Å². The Labute approximate surface area is 120 Å². The molecular formula is C13H14ClFN4O. The third-order valence-electron chi connectivity index (χ3n) is 2.85. The number of rotatable bonds is 5. The van der Waals surface area contributed by atoms with E-state index < -0.39 is 0 Å². The largest absolute Gasteiger partial charge is 0.480 e. The Kier molecular flexibility index (Phi) is 4.84. The van der Waals surface area contributed by atoms with Crippen LogP contribution in [0, 0.1) is 5.82 Å². The molecule has 2 rings (SSSR count). The molecule has 3 N–H and O–H groups in total. The zero-order chi connectivity index (χ0) is 14.5. The van der Waals surface area contributed by atoms with Gasteiger partial charge in [0.05, 0.1) is 13.2 Å². The molecule has 0 aliphatic heterocycles. The SMILES string of the molecule is COc1nccnc1C(Cc1ccc(F)cc1Cl)NN. The molecule has 0 aliphatic rings. The highest BCUT2D eigenvalue weighted by molar-refractivity contribution is 6.31. The van der Waals surface area contributed by atoms with Gasteiger partial charge in [-0.2, -0.15) is 0 Å². The van der Waals surface area contributed by atoms with Gasteiger partial charge in [0.25, 0.3) is 0 Å². The lowest BCUT2D eigenvalue weighted by atomic mass is 10.0. The lowest BCUT2D eigenvalue weighted by Gasteiger charge is -2.17. The second-order valence-corrected chi connectivity index (χ2v) is 4.52. The van der Waals surface area contributed by atoms with Crippen molar-refractivity contribution in [3.63, 3.8) is 0 Å². The van der Waals surface area contributed by atoms with E-state index in [1.165, 1.54) is 25.4 Å². The van der Waals surface area contributed by atoms with E-state index in [2.05, 4.69) is 15.4 Å². The number of benzene rings is 1. The highest BCUT2D eigenvalue weighted by atomic mass is 35.5. The highest BCUT2D eigenvalue weighted by Crippen LogP contribution is 2.26. The molecule has 5 nitrogen and oxygen atoms in total. The van der Waals surface area contributed by atoms with E-state index in [0.717, 1.165) is 5.56 Å². The van der Waals surface area contributed by atoms with Crippen LogP contribution >= 0.6 is 11.6 Å². The van der Waals surface area contributed by atoms with Crippen molar-refractivity contribution in [3.8, 4) is 5.88 Å². The van der Waals surface area contributed by atoms with Gasteiger partial charge >= 0.3 is 0 Å². The van der Waals surface area contributed by atoms with E-state index in [1.807, 2.05) is 0 Å². The van der Waals surface area contributed by atoms with Gasteiger partial charge in [-0.25, -0.2) is 9.37 Å². The monoisotopic (exact) mass is 296 g/mol.